The second kappa shape index (κ2) is 5.37. The van der Waals surface area contributed by atoms with Crippen molar-refractivity contribution in [3.63, 3.8) is 0 Å². The molecule has 28 heavy (non-hydrogen) atoms. The van der Waals surface area contributed by atoms with E-state index >= 15 is 0 Å². The van der Waals surface area contributed by atoms with Crippen LogP contribution in [0.1, 0.15) is 26.3 Å². The summed E-state index contributed by atoms with van der Waals surface area (Å²) in [6.45, 7) is 0. The number of carbonyl (C=O) groups excluding carboxylic acids is 2. The summed E-state index contributed by atoms with van der Waals surface area (Å²) in [5, 5.41) is 7.02. The Kier molecular flexibility index (Phi) is 2.93. The lowest BCUT2D eigenvalue weighted by molar-refractivity contribution is 0.0990. The first-order valence-electron chi connectivity index (χ1n) is 9.29. The molecule has 0 radical (unpaired) electrons. The van der Waals surface area contributed by atoms with Crippen LogP contribution in [0.5, 0.6) is 0 Å². The topological polar surface area (TPSA) is 34.1 Å². The quantitative estimate of drug-likeness (QED) is 0.208. The van der Waals surface area contributed by atoms with E-state index in [4.69, 9.17) is 0 Å². The third-order valence-corrected chi connectivity index (χ3v) is 5.77. The third kappa shape index (κ3) is 1.92. The van der Waals surface area contributed by atoms with Gasteiger partial charge in [-0.2, -0.15) is 0 Å². The van der Waals surface area contributed by atoms with Crippen LogP contribution < -0.4 is 0 Å². The number of fused-ring (bicyclic) bond motifs is 1. The van der Waals surface area contributed by atoms with Crippen LogP contribution >= 0.6 is 0 Å². The lowest BCUT2D eigenvalue weighted by Gasteiger charge is -2.12. The van der Waals surface area contributed by atoms with Crippen LogP contribution in [-0.4, -0.2) is 11.6 Å². The van der Waals surface area contributed by atoms with Gasteiger partial charge in [0.15, 0.2) is 11.6 Å². The smallest absolute Gasteiger partial charge is 0.197 e. The number of rotatable bonds is 1. The first kappa shape index (κ1) is 15.3. The van der Waals surface area contributed by atoms with Gasteiger partial charge < -0.3 is 0 Å². The molecule has 0 unspecified atom stereocenters. The first-order valence-corrected chi connectivity index (χ1v) is 9.29. The van der Waals surface area contributed by atoms with Crippen molar-refractivity contribution in [2.75, 3.05) is 0 Å². The largest absolute Gasteiger partial charge is 0.288 e. The predicted molar refractivity (Wildman–Crippen MR) is 113 cm³/mol. The van der Waals surface area contributed by atoms with E-state index in [1.165, 1.54) is 21.5 Å². The zero-order valence-electron chi connectivity index (χ0n) is 14.9. The van der Waals surface area contributed by atoms with E-state index in [-0.39, 0.29) is 17.1 Å². The molecule has 0 spiro atoms. The van der Waals surface area contributed by atoms with Crippen LogP contribution in [-0.2, 0) is 0 Å². The van der Waals surface area contributed by atoms with Crippen molar-refractivity contribution in [2.45, 2.75) is 0 Å². The number of hydrogen-bond acceptors (Lipinski definition) is 2. The molecule has 0 saturated carbocycles. The zero-order valence-corrected chi connectivity index (χ0v) is 14.9. The maximum atomic E-state index is 12.8. The average Bonchev–Trinajstić information content (AvgIpc) is 2.98. The molecule has 1 aliphatic rings. The number of benzene rings is 5. The molecule has 0 fully saturated rings. The summed E-state index contributed by atoms with van der Waals surface area (Å²) in [7, 11) is 0. The van der Waals surface area contributed by atoms with Gasteiger partial charge in [-0.15, -0.1) is 0 Å². The van der Waals surface area contributed by atoms with Crippen molar-refractivity contribution in [1.82, 2.24) is 0 Å². The van der Waals surface area contributed by atoms with Gasteiger partial charge in [0.25, 0.3) is 0 Å². The molecule has 5 aromatic rings. The highest BCUT2D eigenvalue weighted by molar-refractivity contribution is 6.41. The molecule has 1 aliphatic carbocycles. The highest BCUT2D eigenvalue weighted by Gasteiger charge is 2.32. The Hall–Kier alpha value is -3.78. The van der Waals surface area contributed by atoms with Gasteiger partial charge in [-0.1, -0.05) is 78.9 Å². The third-order valence-electron chi connectivity index (χ3n) is 5.77. The maximum Gasteiger partial charge on any atom is 0.197 e. The molecule has 2 nitrogen and oxygen atoms in total. The monoisotopic (exact) mass is 358 g/mol. The van der Waals surface area contributed by atoms with Gasteiger partial charge in [-0.25, -0.2) is 0 Å². The molecule has 0 saturated heterocycles. The van der Waals surface area contributed by atoms with Crippen LogP contribution in [0.15, 0.2) is 84.4 Å². The molecule has 0 atom stereocenters. The summed E-state index contributed by atoms with van der Waals surface area (Å²) >= 11 is 0. The second-order valence-corrected chi connectivity index (χ2v) is 7.27. The molecule has 130 valence electrons. The van der Waals surface area contributed by atoms with E-state index in [2.05, 4.69) is 48.5 Å². The Bertz CT molecular complexity index is 1430. The molecular weight excluding hydrogens is 344 g/mol. The van der Waals surface area contributed by atoms with Crippen LogP contribution in [0.25, 0.3) is 38.4 Å². The van der Waals surface area contributed by atoms with Crippen molar-refractivity contribution in [3.05, 3.63) is 101 Å². The molecule has 2 heteroatoms. The minimum absolute atomic E-state index is 0.189. The Morgan fingerprint density at radius 1 is 0.536 bits per heavy atom. The summed E-state index contributed by atoms with van der Waals surface area (Å²) in [4.78, 5) is 25.6. The van der Waals surface area contributed by atoms with Gasteiger partial charge in [0.2, 0.25) is 0 Å². The molecule has 6 rings (SSSR count). The van der Waals surface area contributed by atoms with Gasteiger partial charge in [-0.05, 0) is 44.0 Å². The molecule has 0 aliphatic heterocycles. The van der Waals surface area contributed by atoms with E-state index in [1.807, 2.05) is 6.07 Å². The summed E-state index contributed by atoms with van der Waals surface area (Å²) in [6.07, 6.45) is 1.76. The minimum atomic E-state index is -0.189. The molecule has 0 amide bonds. The van der Waals surface area contributed by atoms with Gasteiger partial charge in [0.1, 0.15) is 0 Å². The van der Waals surface area contributed by atoms with E-state index in [9.17, 15) is 9.59 Å². The van der Waals surface area contributed by atoms with Crippen molar-refractivity contribution < 1.29 is 9.59 Å². The molecular formula is C26H14O2. The highest BCUT2D eigenvalue weighted by atomic mass is 16.2. The Morgan fingerprint density at radius 2 is 1.11 bits per heavy atom. The zero-order chi connectivity index (χ0) is 18.8. The number of ketones is 2. The lowest BCUT2D eigenvalue weighted by atomic mass is 9.91. The molecule has 0 N–H and O–H groups in total. The van der Waals surface area contributed by atoms with Gasteiger partial charge in [-0.3, -0.25) is 9.59 Å². The fourth-order valence-corrected chi connectivity index (χ4v) is 4.44. The standard InChI is InChI=1S/C26H14O2/c27-25-20-6-1-2-7-21(20)26(28)22(25)14-18-11-10-17-9-8-15-4-3-5-16-12-13-19(18)24(17)23(15)16/h1-14H. The fraction of sp³-hybridized carbons (Fsp3) is 0. The van der Waals surface area contributed by atoms with Gasteiger partial charge >= 0.3 is 0 Å². The number of carbonyl (C=O) groups is 2. The molecule has 5 aromatic carbocycles. The number of Topliss-reactive ketones (excluding diaryl/α,β-unsaturated/α-hetero) is 2. The van der Waals surface area contributed by atoms with E-state index in [0.29, 0.717) is 11.1 Å². The van der Waals surface area contributed by atoms with Crippen LogP contribution in [0.2, 0.25) is 0 Å². The summed E-state index contributed by atoms with van der Waals surface area (Å²) in [6, 6.07) is 25.9. The summed E-state index contributed by atoms with van der Waals surface area (Å²) in [5.74, 6) is -0.377. The number of allylic oxidation sites excluding steroid dienone is 1. The van der Waals surface area contributed by atoms with Crippen LogP contribution in [0.4, 0.5) is 0 Å². The average molecular weight is 358 g/mol. The Balaban J connectivity index is 1.65. The van der Waals surface area contributed by atoms with Crippen molar-refractivity contribution in [1.29, 1.82) is 0 Å². The Labute approximate surface area is 161 Å². The molecule has 0 aromatic heterocycles. The molecule has 0 bridgehead atoms. The van der Waals surface area contributed by atoms with Gasteiger partial charge in [0.05, 0.1) is 5.57 Å². The summed E-state index contributed by atoms with van der Waals surface area (Å²) < 4.78 is 0. The predicted octanol–water partition coefficient (Wildman–Crippen LogP) is 6.05. The first-order chi connectivity index (χ1) is 13.7. The van der Waals surface area contributed by atoms with E-state index < -0.39 is 0 Å². The van der Waals surface area contributed by atoms with Crippen molar-refractivity contribution in [3.8, 4) is 0 Å². The normalized spacial score (nSPS) is 13.8. The van der Waals surface area contributed by atoms with E-state index in [1.54, 1.807) is 30.3 Å². The number of hydrogen-bond donors (Lipinski definition) is 0. The SMILES string of the molecule is O=C1C(=Cc2ccc3ccc4cccc5ccc2c3c45)C(=O)c2ccccc21. The summed E-state index contributed by atoms with van der Waals surface area (Å²) in [5.41, 5.74) is 2.14. The minimum Gasteiger partial charge on any atom is -0.288 e. The van der Waals surface area contributed by atoms with Crippen LogP contribution in [0.3, 0.4) is 0 Å². The second-order valence-electron chi connectivity index (χ2n) is 7.27. The molecule has 0 heterocycles. The van der Waals surface area contributed by atoms with Gasteiger partial charge in [0, 0.05) is 11.1 Å². The fourth-order valence-electron chi connectivity index (χ4n) is 4.44. The van der Waals surface area contributed by atoms with Crippen molar-refractivity contribution in [2.24, 2.45) is 0 Å². The highest BCUT2D eigenvalue weighted by Crippen LogP contribution is 2.37. The van der Waals surface area contributed by atoms with Crippen molar-refractivity contribution >= 4 is 50.0 Å². The van der Waals surface area contributed by atoms with Crippen LogP contribution in [0, 0.1) is 0 Å². The lowest BCUT2D eigenvalue weighted by Crippen LogP contribution is -2.00. The Morgan fingerprint density at radius 3 is 1.79 bits per heavy atom. The maximum absolute atomic E-state index is 12.8. The van der Waals surface area contributed by atoms with E-state index in [0.717, 1.165) is 16.3 Å².